The van der Waals surface area contributed by atoms with Gasteiger partial charge in [0.2, 0.25) is 0 Å². The second-order valence-electron chi connectivity index (χ2n) is 6.31. The van der Waals surface area contributed by atoms with Gasteiger partial charge in [-0.15, -0.1) is 24.0 Å². The Morgan fingerprint density at radius 1 is 1.24 bits per heavy atom. The molecule has 0 amide bonds. The SMILES string of the molecule is CN=C(NCCCN1CC(C)OC(C)C1)NCc1ccccc1F.I. The van der Waals surface area contributed by atoms with Crippen molar-refractivity contribution in [3.63, 3.8) is 0 Å². The van der Waals surface area contributed by atoms with E-state index in [4.69, 9.17) is 4.74 Å². The first-order valence-corrected chi connectivity index (χ1v) is 8.64. The highest BCUT2D eigenvalue weighted by molar-refractivity contribution is 14.0. The minimum Gasteiger partial charge on any atom is -0.373 e. The number of ether oxygens (including phenoxy) is 1. The molecule has 1 aromatic rings. The van der Waals surface area contributed by atoms with Crippen LogP contribution in [-0.4, -0.2) is 56.3 Å². The smallest absolute Gasteiger partial charge is 0.191 e. The number of nitrogens with zero attached hydrogens (tertiary/aromatic N) is 2. The van der Waals surface area contributed by atoms with Crippen LogP contribution >= 0.6 is 24.0 Å². The van der Waals surface area contributed by atoms with E-state index < -0.39 is 0 Å². The van der Waals surface area contributed by atoms with E-state index in [1.165, 1.54) is 6.07 Å². The van der Waals surface area contributed by atoms with E-state index in [2.05, 4.69) is 34.4 Å². The lowest BCUT2D eigenvalue weighted by atomic mass is 10.2. The van der Waals surface area contributed by atoms with Gasteiger partial charge in [0, 0.05) is 45.3 Å². The van der Waals surface area contributed by atoms with Crippen LogP contribution in [0.4, 0.5) is 4.39 Å². The summed E-state index contributed by atoms with van der Waals surface area (Å²) < 4.78 is 19.3. The molecule has 2 rings (SSSR count). The molecule has 2 unspecified atom stereocenters. The van der Waals surface area contributed by atoms with Crippen molar-refractivity contribution >= 4 is 29.9 Å². The van der Waals surface area contributed by atoms with Gasteiger partial charge in [-0.05, 0) is 26.3 Å². The minimum absolute atomic E-state index is 0. The molecule has 1 fully saturated rings. The molecule has 5 nitrogen and oxygen atoms in total. The lowest BCUT2D eigenvalue weighted by molar-refractivity contribution is -0.0679. The second-order valence-corrected chi connectivity index (χ2v) is 6.31. The summed E-state index contributed by atoms with van der Waals surface area (Å²) in [5, 5.41) is 6.42. The van der Waals surface area contributed by atoms with Gasteiger partial charge in [-0.2, -0.15) is 0 Å². The standard InChI is InChI=1S/C18H29FN4O.HI/c1-14-12-23(13-15(2)24-14)10-6-9-21-18(20-3)22-11-16-7-4-5-8-17(16)19;/h4-5,7-8,14-15H,6,9-13H2,1-3H3,(H2,20,21,22);1H. The summed E-state index contributed by atoms with van der Waals surface area (Å²) in [7, 11) is 1.72. The average Bonchev–Trinajstić information content (AvgIpc) is 2.54. The Kier molecular flexibility index (Phi) is 10.3. The summed E-state index contributed by atoms with van der Waals surface area (Å²) >= 11 is 0. The zero-order valence-corrected chi connectivity index (χ0v) is 17.6. The number of guanidine groups is 1. The molecule has 0 aromatic heterocycles. The lowest BCUT2D eigenvalue weighted by Gasteiger charge is -2.35. The number of rotatable bonds is 6. The van der Waals surface area contributed by atoms with Crippen molar-refractivity contribution in [2.24, 2.45) is 4.99 Å². The van der Waals surface area contributed by atoms with Crippen LogP contribution in [-0.2, 0) is 11.3 Å². The fourth-order valence-electron chi connectivity index (χ4n) is 3.02. The van der Waals surface area contributed by atoms with Crippen LogP contribution in [0.2, 0.25) is 0 Å². The maximum Gasteiger partial charge on any atom is 0.191 e. The predicted octanol–water partition coefficient (Wildman–Crippen LogP) is 2.61. The number of hydrogen-bond acceptors (Lipinski definition) is 3. The van der Waals surface area contributed by atoms with Crippen molar-refractivity contribution in [3.05, 3.63) is 35.6 Å². The summed E-state index contributed by atoms with van der Waals surface area (Å²) in [5.74, 6) is 0.498. The molecule has 1 aliphatic rings. The molecule has 1 aromatic carbocycles. The molecule has 2 N–H and O–H groups in total. The predicted molar refractivity (Wildman–Crippen MR) is 111 cm³/mol. The van der Waals surface area contributed by atoms with E-state index in [9.17, 15) is 4.39 Å². The molecule has 1 heterocycles. The van der Waals surface area contributed by atoms with Crippen LogP contribution in [0.15, 0.2) is 29.3 Å². The van der Waals surface area contributed by atoms with E-state index >= 15 is 0 Å². The number of hydrogen-bond donors (Lipinski definition) is 2. The maximum absolute atomic E-state index is 13.6. The monoisotopic (exact) mass is 464 g/mol. The summed E-state index contributed by atoms with van der Waals surface area (Å²) in [5.41, 5.74) is 0.636. The Bertz CT molecular complexity index is 534. The number of aliphatic imine (C=N–C) groups is 1. The molecule has 0 radical (unpaired) electrons. The Morgan fingerprint density at radius 2 is 1.92 bits per heavy atom. The second kappa shape index (κ2) is 11.6. The summed E-state index contributed by atoms with van der Waals surface area (Å²) in [6.07, 6.45) is 1.63. The molecule has 1 aliphatic heterocycles. The van der Waals surface area contributed by atoms with Gasteiger partial charge in [0.15, 0.2) is 5.96 Å². The highest BCUT2D eigenvalue weighted by atomic mass is 127. The molecule has 0 aliphatic carbocycles. The molecule has 0 saturated carbocycles. The number of nitrogens with one attached hydrogen (secondary N) is 2. The van der Waals surface area contributed by atoms with Gasteiger partial charge >= 0.3 is 0 Å². The highest BCUT2D eigenvalue weighted by Gasteiger charge is 2.21. The molecule has 1 saturated heterocycles. The third-order valence-electron chi connectivity index (χ3n) is 4.07. The quantitative estimate of drug-likeness (QED) is 0.294. The molecule has 7 heteroatoms. The van der Waals surface area contributed by atoms with E-state index in [0.717, 1.165) is 32.6 Å². The van der Waals surface area contributed by atoms with Gasteiger partial charge in [0.1, 0.15) is 5.82 Å². The van der Waals surface area contributed by atoms with E-state index in [1.54, 1.807) is 19.2 Å². The van der Waals surface area contributed by atoms with Crippen LogP contribution < -0.4 is 10.6 Å². The van der Waals surface area contributed by atoms with E-state index in [-0.39, 0.29) is 29.8 Å². The van der Waals surface area contributed by atoms with Gasteiger partial charge in [-0.25, -0.2) is 4.39 Å². The number of benzene rings is 1. The Balaban J connectivity index is 0.00000312. The zero-order valence-electron chi connectivity index (χ0n) is 15.3. The van der Waals surface area contributed by atoms with Crippen LogP contribution in [0.25, 0.3) is 0 Å². The third kappa shape index (κ3) is 7.87. The van der Waals surface area contributed by atoms with Crippen molar-refractivity contribution in [1.29, 1.82) is 0 Å². The van der Waals surface area contributed by atoms with Crippen molar-refractivity contribution < 1.29 is 9.13 Å². The molecular weight excluding hydrogens is 434 g/mol. The van der Waals surface area contributed by atoms with Crippen LogP contribution in [0, 0.1) is 5.82 Å². The first-order valence-electron chi connectivity index (χ1n) is 8.64. The number of halogens is 2. The number of morpholine rings is 1. The van der Waals surface area contributed by atoms with Gasteiger partial charge in [-0.1, -0.05) is 18.2 Å². The van der Waals surface area contributed by atoms with Gasteiger partial charge in [0.25, 0.3) is 0 Å². The largest absolute Gasteiger partial charge is 0.373 e. The van der Waals surface area contributed by atoms with Crippen molar-refractivity contribution in [1.82, 2.24) is 15.5 Å². The molecule has 25 heavy (non-hydrogen) atoms. The van der Waals surface area contributed by atoms with Crippen LogP contribution in [0.1, 0.15) is 25.8 Å². The normalized spacial score (nSPS) is 21.5. The Morgan fingerprint density at radius 3 is 2.56 bits per heavy atom. The maximum atomic E-state index is 13.6. The van der Waals surface area contributed by atoms with E-state index in [0.29, 0.717) is 30.3 Å². The van der Waals surface area contributed by atoms with Crippen molar-refractivity contribution in [2.45, 2.75) is 39.0 Å². The molecular formula is C18H30FIN4O. The minimum atomic E-state index is -0.198. The Hall–Kier alpha value is -0.930. The Labute approximate surface area is 167 Å². The first-order chi connectivity index (χ1) is 11.6. The highest BCUT2D eigenvalue weighted by Crippen LogP contribution is 2.10. The summed E-state index contributed by atoms with van der Waals surface area (Å²) in [6.45, 7) is 8.51. The van der Waals surface area contributed by atoms with Gasteiger partial charge < -0.3 is 15.4 Å². The molecule has 142 valence electrons. The molecule has 0 spiro atoms. The first kappa shape index (κ1) is 22.1. The fourth-order valence-corrected chi connectivity index (χ4v) is 3.02. The van der Waals surface area contributed by atoms with Crippen molar-refractivity contribution in [3.8, 4) is 0 Å². The fraction of sp³-hybridized carbons (Fsp3) is 0.611. The van der Waals surface area contributed by atoms with Crippen molar-refractivity contribution in [2.75, 3.05) is 33.2 Å². The summed E-state index contributed by atoms with van der Waals surface area (Å²) in [6, 6.07) is 6.77. The van der Waals surface area contributed by atoms with Crippen LogP contribution in [0.5, 0.6) is 0 Å². The van der Waals surface area contributed by atoms with Gasteiger partial charge in [-0.3, -0.25) is 9.89 Å². The van der Waals surface area contributed by atoms with Crippen LogP contribution in [0.3, 0.4) is 0 Å². The molecule has 0 bridgehead atoms. The third-order valence-corrected chi connectivity index (χ3v) is 4.07. The average molecular weight is 464 g/mol. The topological polar surface area (TPSA) is 48.9 Å². The summed E-state index contributed by atoms with van der Waals surface area (Å²) in [4.78, 5) is 6.62. The van der Waals surface area contributed by atoms with Gasteiger partial charge in [0.05, 0.1) is 12.2 Å². The molecule has 2 atom stereocenters. The van der Waals surface area contributed by atoms with E-state index in [1.807, 2.05) is 6.07 Å². The zero-order chi connectivity index (χ0) is 17.4. The lowest BCUT2D eigenvalue weighted by Crippen LogP contribution is -2.46.